The number of halogens is 1. The summed E-state index contributed by atoms with van der Waals surface area (Å²) in [6.07, 6.45) is 2.12. The third-order valence-corrected chi connectivity index (χ3v) is 2.51. The van der Waals surface area contributed by atoms with Gasteiger partial charge in [0.25, 0.3) is 0 Å². The first-order chi connectivity index (χ1) is 8.13. The molecule has 0 atom stereocenters. The van der Waals surface area contributed by atoms with E-state index in [-0.39, 0.29) is 37.3 Å². The molecule has 0 aromatic heterocycles. The van der Waals surface area contributed by atoms with E-state index in [4.69, 9.17) is 4.74 Å². The fraction of sp³-hybridized carbons (Fsp3) is 0.818. The molecule has 1 rings (SSSR count). The van der Waals surface area contributed by atoms with Crippen LogP contribution in [0.5, 0.6) is 0 Å². The van der Waals surface area contributed by atoms with Gasteiger partial charge in [-0.15, -0.1) is 12.4 Å². The van der Waals surface area contributed by atoms with Crippen molar-refractivity contribution >= 4 is 24.2 Å². The Bertz CT molecular complexity index is 272. The molecule has 106 valence electrons. The second kappa shape index (κ2) is 9.13. The van der Waals surface area contributed by atoms with Crippen LogP contribution in [0.2, 0.25) is 0 Å². The lowest BCUT2D eigenvalue weighted by Gasteiger charge is -2.17. The van der Waals surface area contributed by atoms with Crippen LogP contribution in [-0.2, 0) is 14.3 Å². The lowest BCUT2D eigenvalue weighted by molar-refractivity contribution is -0.134. The fourth-order valence-electron chi connectivity index (χ4n) is 1.31. The van der Waals surface area contributed by atoms with Crippen LogP contribution in [0.15, 0.2) is 0 Å². The summed E-state index contributed by atoms with van der Waals surface area (Å²) in [4.78, 5) is 24.5. The van der Waals surface area contributed by atoms with E-state index < -0.39 is 0 Å². The molecule has 0 spiro atoms. The number of carbonyl (C=O) groups excluding carboxylic acids is 2. The van der Waals surface area contributed by atoms with E-state index in [1.165, 1.54) is 4.90 Å². The first-order valence-corrected chi connectivity index (χ1v) is 5.86. The van der Waals surface area contributed by atoms with E-state index in [2.05, 4.69) is 10.6 Å². The monoisotopic (exact) mass is 279 g/mol. The summed E-state index contributed by atoms with van der Waals surface area (Å²) >= 11 is 0. The summed E-state index contributed by atoms with van der Waals surface area (Å²) in [5, 5.41) is 5.79. The summed E-state index contributed by atoms with van der Waals surface area (Å²) < 4.78 is 4.85. The molecule has 0 bridgehead atoms. The van der Waals surface area contributed by atoms with E-state index in [1.807, 2.05) is 0 Å². The van der Waals surface area contributed by atoms with Gasteiger partial charge in [-0.1, -0.05) is 0 Å². The average molecular weight is 280 g/mol. The van der Waals surface area contributed by atoms with Crippen molar-refractivity contribution < 1.29 is 14.3 Å². The maximum atomic E-state index is 11.6. The molecule has 1 aliphatic carbocycles. The van der Waals surface area contributed by atoms with Crippen molar-refractivity contribution in [2.24, 2.45) is 0 Å². The molecule has 1 aliphatic rings. The highest BCUT2D eigenvalue weighted by Gasteiger charge is 2.24. The molecule has 0 aliphatic heterocycles. The SMILES string of the molecule is COCCNCC(=O)N(C)CC(=O)NC1CC1.Cl. The highest BCUT2D eigenvalue weighted by atomic mass is 35.5. The van der Waals surface area contributed by atoms with Crippen LogP contribution >= 0.6 is 12.4 Å². The molecule has 1 fully saturated rings. The Labute approximate surface area is 114 Å². The predicted molar refractivity (Wildman–Crippen MR) is 70.8 cm³/mol. The molecule has 0 aromatic carbocycles. The van der Waals surface area contributed by atoms with Crippen molar-refractivity contribution in [1.29, 1.82) is 0 Å². The zero-order chi connectivity index (χ0) is 12.7. The third-order valence-electron chi connectivity index (χ3n) is 2.51. The van der Waals surface area contributed by atoms with E-state index in [9.17, 15) is 9.59 Å². The number of nitrogens with zero attached hydrogens (tertiary/aromatic N) is 1. The van der Waals surface area contributed by atoms with E-state index in [0.717, 1.165) is 12.8 Å². The van der Waals surface area contributed by atoms with E-state index in [1.54, 1.807) is 14.2 Å². The minimum absolute atomic E-state index is 0. The van der Waals surface area contributed by atoms with E-state index in [0.29, 0.717) is 19.2 Å². The Morgan fingerprint density at radius 1 is 1.39 bits per heavy atom. The molecule has 0 aromatic rings. The first-order valence-electron chi connectivity index (χ1n) is 5.86. The Morgan fingerprint density at radius 2 is 2.06 bits per heavy atom. The molecular weight excluding hydrogens is 258 g/mol. The number of ether oxygens (including phenoxy) is 1. The minimum Gasteiger partial charge on any atom is -0.383 e. The van der Waals surface area contributed by atoms with Crippen LogP contribution in [0.4, 0.5) is 0 Å². The molecule has 2 amide bonds. The highest BCUT2D eigenvalue weighted by Crippen LogP contribution is 2.18. The van der Waals surface area contributed by atoms with Crippen LogP contribution in [-0.4, -0.2) is 63.2 Å². The van der Waals surface area contributed by atoms with Crippen LogP contribution in [0.3, 0.4) is 0 Å². The van der Waals surface area contributed by atoms with Gasteiger partial charge in [-0.05, 0) is 12.8 Å². The maximum Gasteiger partial charge on any atom is 0.239 e. The molecule has 0 heterocycles. The standard InChI is InChI=1S/C11H21N3O3.ClH/c1-14(8-10(15)13-9-3-4-9)11(16)7-12-5-6-17-2;/h9,12H,3-8H2,1-2H3,(H,13,15);1H. The van der Waals surface area contributed by atoms with Crippen LogP contribution in [0.25, 0.3) is 0 Å². The summed E-state index contributed by atoms with van der Waals surface area (Å²) in [5.74, 6) is -0.174. The van der Waals surface area contributed by atoms with Gasteiger partial charge in [0.15, 0.2) is 0 Å². The third kappa shape index (κ3) is 7.47. The predicted octanol–water partition coefficient (Wildman–Crippen LogP) is -0.619. The molecule has 0 unspecified atom stereocenters. The lowest BCUT2D eigenvalue weighted by Crippen LogP contribution is -2.42. The summed E-state index contributed by atoms with van der Waals surface area (Å²) in [6, 6.07) is 0.339. The smallest absolute Gasteiger partial charge is 0.239 e. The van der Waals surface area contributed by atoms with Gasteiger partial charge in [-0.3, -0.25) is 9.59 Å². The van der Waals surface area contributed by atoms with Gasteiger partial charge >= 0.3 is 0 Å². The Hall–Kier alpha value is -0.850. The highest BCUT2D eigenvalue weighted by molar-refractivity contribution is 5.86. The second-order valence-electron chi connectivity index (χ2n) is 4.26. The number of amides is 2. The fourth-order valence-corrected chi connectivity index (χ4v) is 1.31. The zero-order valence-corrected chi connectivity index (χ0v) is 11.7. The molecule has 0 radical (unpaired) electrons. The van der Waals surface area contributed by atoms with Crippen molar-refractivity contribution in [2.75, 3.05) is 40.4 Å². The molecule has 0 saturated heterocycles. The number of rotatable bonds is 8. The minimum atomic E-state index is -0.0907. The molecule has 18 heavy (non-hydrogen) atoms. The number of likely N-dealkylation sites (N-methyl/N-ethyl adjacent to an activating group) is 1. The van der Waals surface area contributed by atoms with Crippen LogP contribution in [0.1, 0.15) is 12.8 Å². The number of carbonyl (C=O) groups is 2. The summed E-state index contributed by atoms with van der Waals surface area (Å²) in [5.41, 5.74) is 0. The molecule has 6 nitrogen and oxygen atoms in total. The molecular formula is C11H22ClN3O3. The summed E-state index contributed by atoms with van der Waals surface area (Å²) in [7, 11) is 3.24. The van der Waals surface area contributed by atoms with Gasteiger partial charge in [0.2, 0.25) is 11.8 Å². The van der Waals surface area contributed by atoms with Gasteiger partial charge in [-0.25, -0.2) is 0 Å². The Balaban J connectivity index is 0.00000289. The van der Waals surface area contributed by atoms with Crippen molar-refractivity contribution in [3.05, 3.63) is 0 Å². The number of hydrogen-bond acceptors (Lipinski definition) is 4. The largest absolute Gasteiger partial charge is 0.383 e. The second-order valence-corrected chi connectivity index (χ2v) is 4.26. The van der Waals surface area contributed by atoms with Gasteiger partial charge in [0, 0.05) is 26.7 Å². The van der Waals surface area contributed by atoms with Crippen LogP contribution in [0, 0.1) is 0 Å². The van der Waals surface area contributed by atoms with E-state index >= 15 is 0 Å². The number of hydrogen-bond donors (Lipinski definition) is 2. The molecule has 1 saturated carbocycles. The summed E-state index contributed by atoms with van der Waals surface area (Å²) in [6.45, 7) is 1.56. The molecule has 7 heteroatoms. The topological polar surface area (TPSA) is 70.7 Å². The normalized spacial score (nSPS) is 13.7. The van der Waals surface area contributed by atoms with Crippen molar-refractivity contribution in [2.45, 2.75) is 18.9 Å². The average Bonchev–Trinajstić information content (AvgIpc) is 3.07. The quantitative estimate of drug-likeness (QED) is 0.581. The zero-order valence-electron chi connectivity index (χ0n) is 10.9. The first kappa shape index (κ1) is 17.2. The lowest BCUT2D eigenvalue weighted by atomic mass is 10.4. The van der Waals surface area contributed by atoms with Crippen molar-refractivity contribution in [3.8, 4) is 0 Å². The Morgan fingerprint density at radius 3 is 2.61 bits per heavy atom. The molecule has 2 N–H and O–H groups in total. The maximum absolute atomic E-state index is 11.6. The van der Waals surface area contributed by atoms with Gasteiger partial charge < -0.3 is 20.3 Å². The van der Waals surface area contributed by atoms with Gasteiger partial charge in [0.1, 0.15) is 0 Å². The van der Waals surface area contributed by atoms with Gasteiger partial charge in [0.05, 0.1) is 19.7 Å². The number of nitrogens with one attached hydrogen (secondary N) is 2. The van der Waals surface area contributed by atoms with Crippen LogP contribution < -0.4 is 10.6 Å². The number of methoxy groups -OCH3 is 1. The van der Waals surface area contributed by atoms with Gasteiger partial charge in [-0.2, -0.15) is 0 Å². The van der Waals surface area contributed by atoms with Crippen molar-refractivity contribution in [3.63, 3.8) is 0 Å². The van der Waals surface area contributed by atoms with Crippen molar-refractivity contribution in [1.82, 2.24) is 15.5 Å². The Kier molecular flexibility index (Phi) is 8.70.